The van der Waals surface area contributed by atoms with Crippen LogP contribution in [0.25, 0.3) is 110 Å². The summed E-state index contributed by atoms with van der Waals surface area (Å²) < 4.78 is 6.43. The van der Waals surface area contributed by atoms with Gasteiger partial charge in [0.2, 0.25) is 0 Å². The zero-order chi connectivity index (χ0) is 38.5. The van der Waals surface area contributed by atoms with Crippen molar-refractivity contribution in [2.45, 2.75) is 19.3 Å². The van der Waals surface area contributed by atoms with E-state index in [1.807, 2.05) is 12.3 Å². The Hall–Kier alpha value is -7.36. The van der Waals surface area contributed by atoms with Crippen molar-refractivity contribution in [3.8, 4) is 55.8 Å². The second kappa shape index (κ2) is 12.3. The van der Waals surface area contributed by atoms with Crippen LogP contribution in [0.2, 0.25) is 0 Å². The smallest absolute Gasteiger partial charge is 0.143 e. The molecule has 2 heterocycles. The van der Waals surface area contributed by atoms with Gasteiger partial charge in [0, 0.05) is 38.1 Å². The summed E-state index contributed by atoms with van der Waals surface area (Å²) in [4.78, 5) is 10.2. The van der Waals surface area contributed by atoms with Crippen LogP contribution in [-0.2, 0) is 5.41 Å². The molecule has 0 saturated heterocycles. The molecule has 0 saturated carbocycles. The lowest BCUT2D eigenvalue weighted by Gasteiger charge is -2.22. The highest BCUT2D eigenvalue weighted by molar-refractivity contribution is 6.23. The maximum absolute atomic E-state index is 6.43. The molecule has 0 amide bonds. The number of aromatic nitrogens is 2. The Morgan fingerprint density at radius 3 is 1.57 bits per heavy atom. The molecule has 0 N–H and O–H groups in total. The van der Waals surface area contributed by atoms with Crippen LogP contribution in [0.5, 0.6) is 0 Å². The van der Waals surface area contributed by atoms with E-state index in [1.165, 1.54) is 60.8 Å². The van der Waals surface area contributed by atoms with Gasteiger partial charge in [0.05, 0.1) is 22.9 Å². The minimum absolute atomic E-state index is 0.156. The summed E-state index contributed by atoms with van der Waals surface area (Å²) in [5, 5.41) is 6.97. The zero-order valence-corrected chi connectivity index (χ0v) is 32.1. The van der Waals surface area contributed by atoms with Gasteiger partial charge in [-0.05, 0) is 79.0 Å². The van der Waals surface area contributed by atoms with E-state index < -0.39 is 0 Å². The Bertz CT molecular complexity index is 3430. The first-order valence-electron chi connectivity index (χ1n) is 20.0. The minimum atomic E-state index is -0.156. The van der Waals surface area contributed by atoms with Gasteiger partial charge in [-0.2, -0.15) is 0 Å². The summed E-state index contributed by atoms with van der Waals surface area (Å²) >= 11 is 0. The molecule has 3 nitrogen and oxygen atoms in total. The highest BCUT2D eigenvalue weighted by Gasteiger charge is 2.36. The average molecular weight is 741 g/mol. The van der Waals surface area contributed by atoms with Gasteiger partial charge in [-0.1, -0.05) is 172 Å². The van der Waals surface area contributed by atoms with Crippen LogP contribution < -0.4 is 0 Å². The molecular formula is C55H36N2O. The van der Waals surface area contributed by atoms with E-state index in [9.17, 15) is 0 Å². The molecule has 3 heteroatoms. The van der Waals surface area contributed by atoms with Crippen molar-refractivity contribution in [1.82, 2.24) is 9.97 Å². The van der Waals surface area contributed by atoms with Crippen LogP contribution in [0, 0.1) is 0 Å². The summed E-state index contributed by atoms with van der Waals surface area (Å²) in [7, 11) is 0. The predicted octanol–water partition coefficient (Wildman–Crippen LogP) is 14.8. The Morgan fingerprint density at radius 1 is 0.397 bits per heavy atom. The molecule has 1 aliphatic rings. The van der Waals surface area contributed by atoms with Gasteiger partial charge < -0.3 is 4.42 Å². The fourth-order valence-corrected chi connectivity index (χ4v) is 9.51. The third-order valence-electron chi connectivity index (χ3n) is 12.6. The van der Waals surface area contributed by atoms with E-state index in [-0.39, 0.29) is 5.41 Å². The minimum Gasteiger partial charge on any atom is -0.455 e. The van der Waals surface area contributed by atoms with Crippen LogP contribution in [0.4, 0.5) is 0 Å². The standard InChI is InChI=1S/C55H36N2O/c1-55(2)48-30-37(26-28-42(48)43-29-27-38(31-49(43)55)39-15-9-16-47-44-12-7-8-17-51(44)58-54(39)47)35-20-18-33(19-21-35)34-22-24-36(25-23-34)50-32-56-52-45-13-5-3-10-40(45)41-11-4-6-14-46(41)53(52)57-50/h3-32H,1-2H3. The number of hydrogen-bond acceptors (Lipinski definition) is 3. The first-order valence-corrected chi connectivity index (χ1v) is 20.0. The second-order valence-electron chi connectivity index (χ2n) is 16.1. The first-order chi connectivity index (χ1) is 28.5. The quantitative estimate of drug-likeness (QED) is 0.169. The second-order valence-corrected chi connectivity index (χ2v) is 16.1. The number of rotatable bonds is 4. The molecule has 0 aliphatic heterocycles. The Kier molecular flexibility index (Phi) is 6.98. The van der Waals surface area contributed by atoms with E-state index in [0.29, 0.717) is 0 Å². The summed E-state index contributed by atoms with van der Waals surface area (Å²) in [5.74, 6) is 0. The fraction of sp³-hybridized carbons (Fsp3) is 0.0545. The van der Waals surface area contributed by atoms with Gasteiger partial charge >= 0.3 is 0 Å². The maximum atomic E-state index is 6.43. The van der Waals surface area contributed by atoms with E-state index >= 15 is 0 Å². The van der Waals surface area contributed by atoms with Crippen molar-refractivity contribution in [2.75, 3.05) is 0 Å². The molecule has 0 fully saturated rings. The van der Waals surface area contributed by atoms with Crippen molar-refractivity contribution in [3.63, 3.8) is 0 Å². The van der Waals surface area contributed by atoms with Crippen molar-refractivity contribution < 1.29 is 4.42 Å². The van der Waals surface area contributed by atoms with Crippen molar-refractivity contribution in [2.24, 2.45) is 0 Å². The number of nitrogens with zero attached hydrogens (tertiary/aromatic N) is 2. The summed E-state index contributed by atoms with van der Waals surface area (Å²) in [5.41, 5.74) is 17.9. The zero-order valence-electron chi connectivity index (χ0n) is 32.1. The Labute approximate surface area is 335 Å². The van der Waals surface area contributed by atoms with E-state index in [2.05, 4.69) is 184 Å². The summed E-state index contributed by atoms with van der Waals surface area (Å²) in [6, 6.07) is 63.3. The molecule has 2 aromatic heterocycles. The van der Waals surface area contributed by atoms with Crippen molar-refractivity contribution in [1.29, 1.82) is 0 Å². The molecule has 1 aliphatic carbocycles. The normalized spacial score (nSPS) is 13.1. The molecule has 12 rings (SSSR count). The molecule has 0 atom stereocenters. The molecule has 9 aromatic carbocycles. The Balaban J connectivity index is 0.833. The highest BCUT2D eigenvalue weighted by atomic mass is 16.3. The maximum Gasteiger partial charge on any atom is 0.143 e. The van der Waals surface area contributed by atoms with Gasteiger partial charge in [-0.3, -0.25) is 4.98 Å². The number of furan rings is 1. The van der Waals surface area contributed by atoms with Gasteiger partial charge in [-0.25, -0.2) is 4.98 Å². The molecule has 11 aromatic rings. The topological polar surface area (TPSA) is 38.9 Å². The highest BCUT2D eigenvalue weighted by Crippen LogP contribution is 2.51. The van der Waals surface area contributed by atoms with Crippen molar-refractivity contribution in [3.05, 3.63) is 193 Å². The third-order valence-corrected chi connectivity index (χ3v) is 12.6. The molecule has 0 unspecified atom stereocenters. The number of benzene rings is 9. The van der Waals surface area contributed by atoms with Crippen LogP contribution in [0.15, 0.2) is 187 Å². The first kappa shape index (κ1) is 32.8. The molecule has 58 heavy (non-hydrogen) atoms. The van der Waals surface area contributed by atoms with Gasteiger partial charge in [-0.15, -0.1) is 0 Å². The lowest BCUT2D eigenvalue weighted by molar-refractivity contribution is 0.660. The van der Waals surface area contributed by atoms with Gasteiger partial charge in [0.25, 0.3) is 0 Å². The van der Waals surface area contributed by atoms with E-state index in [4.69, 9.17) is 14.4 Å². The third kappa shape index (κ3) is 4.86. The van der Waals surface area contributed by atoms with Gasteiger partial charge in [0.15, 0.2) is 0 Å². The molecule has 0 bridgehead atoms. The summed E-state index contributed by atoms with van der Waals surface area (Å²) in [6.45, 7) is 4.71. The number of para-hydroxylation sites is 2. The predicted molar refractivity (Wildman–Crippen MR) is 241 cm³/mol. The fourth-order valence-electron chi connectivity index (χ4n) is 9.51. The largest absolute Gasteiger partial charge is 0.455 e. The molecule has 0 radical (unpaired) electrons. The Morgan fingerprint density at radius 2 is 0.897 bits per heavy atom. The van der Waals surface area contributed by atoms with Crippen LogP contribution in [-0.4, -0.2) is 9.97 Å². The molecule has 0 spiro atoms. The van der Waals surface area contributed by atoms with Gasteiger partial charge in [0.1, 0.15) is 11.2 Å². The van der Waals surface area contributed by atoms with E-state index in [1.54, 1.807) is 0 Å². The number of hydrogen-bond donors (Lipinski definition) is 0. The van der Waals surface area contributed by atoms with Crippen LogP contribution in [0.1, 0.15) is 25.0 Å². The lowest BCUT2D eigenvalue weighted by Crippen LogP contribution is -2.15. The monoisotopic (exact) mass is 740 g/mol. The number of fused-ring (bicyclic) bond motifs is 12. The summed E-state index contributed by atoms with van der Waals surface area (Å²) in [6.07, 6.45) is 1.91. The molecular weight excluding hydrogens is 705 g/mol. The lowest BCUT2D eigenvalue weighted by atomic mass is 9.80. The van der Waals surface area contributed by atoms with Crippen LogP contribution >= 0.6 is 0 Å². The van der Waals surface area contributed by atoms with Crippen molar-refractivity contribution >= 4 is 54.5 Å². The molecule has 272 valence electrons. The average Bonchev–Trinajstić information content (AvgIpc) is 3.78. The van der Waals surface area contributed by atoms with Crippen LogP contribution in [0.3, 0.4) is 0 Å². The van der Waals surface area contributed by atoms with E-state index in [0.717, 1.165) is 60.6 Å². The SMILES string of the molecule is CC1(C)c2cc(-c3ccc(-c4ccc(-c5cnc6c7ccccc7c7ccccc7c6n5)cc4)cc3)ccc2-c2ccc(-c3cccc4c3oc3ccccc34)cc21.